The zero-order valence-electron chi connectivity index (χ0n) is 39.6. The topological polar surface area (TPSA) is 15.7 Å². The lowest BCUT2D eigenvalue weighted by atomic mass is 9.35. The minimum absolute atomic E-state index is 0.0125. The van der Waals surface area contributed by atoms with E-state index in [1.54, 1.807) is 0 Å². The minimum Gasteiger partial charge on any atom is -0.487 e. The fourth-order valence-electron chi connectivity index (χ4n) is 12.3. The molecule has 0 saturated heterocycles. The van der Waals surface area contributed by atoms with Crippen LogP contribution >= 0.6 is 11.3 Å². The number of rotatable bonds is 2. The van der Waals surface area contributed by atoms with Crippen LogP contribution < -0.4 is 30.2 Å². The molecule has 11 rings (SSSR count). The van der Waals surface area contributed by atoms with E-state index in [4.69, 9.17) is 4.74 Å². The summed E-state index contributed by atoms with van der Waals surface area (Å²) in [4.78, 5) is 5.25. The lowest BCUT2D eigenvalue weighted by Crippen LogP contribution is -2.60. The molecule has 5 aliphatic rings. The van der Waals surface area contributed by atoms with Crippen molar-refractivity contribution in [1.29, 1.82) is 0 Å². The predicted molar refractivity (Wildman–Crippen MR) is 268 cm³/mol. The molecule has 318 valence electrons. The molecule has 1 aromatic heterocycles. The van der Waals surface area contributed by atoms with Crippen LogP contribution in [0.1, 0.15) is 155 Å². The normalized spacial score (nSPS) is 23.0. The van der Waals surface area contributed by atoms with Gasteiger partial charge in [-0.2, -0.15) is 0 Å². The number of anilines is 6. The van der Waals surface area contributed by atoms with Crippen molar-refractivity contribution in [3.05, 3.63) is 118 Å². The van der Waals surface area contributed by atoms with Crippen LogP contribution in [0.2, 0.25) is 0 Å². The molecule has 1 saturated carbocycles. The number of hydrogen-bond acceptors (Lipinski definition) is 4. The van der Waals surface area contributed by atoms with Gasteiger partial charge in [-0.25, -0.2) is 0 Å². The van der Waals surface area contributed by atoms with Gasteiger partial charge in [0.15, 0.2) is 0 Å². The summed E-state index contributed by atoms with van der Waals surface area (Å²) < 4.78 is 10.5. The second kappa shape index (κ2) is 12.8. The first-order valence-corrected chi connectivity index (χ1v) is 24.4. The number of nitrogens with zero attached hydrogens (tertiary/aromatic N) is 2. The van der Waals surface area contributed by atoms with Crippen molar-refractivity contribution in [2.45, 2.75) is 161 Å². The van der Waals surface area contributed by atoms with Crippen molar-refractivity contribution in [1.82, 2.24) is 0 Å². The summed E-state index contributed by atoms with van der Waals surface area (Å²) in [5, 5.41) is 1.38. The molecule has 0 amide bonds. The Kier molecular flexibility index (Phi) is 8.34. The van der Waals surface area contributed by atoms with Crippen LogP contribution in [-0.4, -0.2) is 12.3 Å². The number of benzene rings is 5. The van der Waals surface area contributed by atoms with Crippen LogP contribution in [0.3, 0.4) is 0 Å². The van der Waals surface area contributed by atoms with Crippen LogP contribution in [0.5, 0.6) is 5.75 Å². The Balaban J connectivity index is 1.26. The average molecular weight is 837 g/mol. The highest BCUT2D eigenvalue weighted by atomic mass is 32.1. The molecule has 2 atom stereocenters. The van der Waals surface area contributed by atoms with Crippen LogP contribution in [0.4, 0.5) is 34.1 Å². The van der Waals surface area contributed by atoms with Crippen LogP contribution in [-0.2, 0) is 27.1 Å². The van der Waals surface area contributed by atoms with Gasteiger partial charge < -0.3 is 14.5 Å². The summed E-state index contributed by atoms with van der Waals surface area (Å²) in [6, 6.07) is 34.1. The predicted octanol–water partition coefficient (Wildman–Crippen LogP) is 14.2. The fraction of sp³-hybridized carbons (Fsp3) is 0.439. The summed E-state index contributed by atoms with van der Waals surface area (Å²) in [5.41, 5.74) is 18.8. The third kappa shape index (κ3) is 5.55. The Morgan fingerprint density at radius 1 is 0.581 bits per heavy atom. The molecule has 5 heteroatoms. The summed E-state index contributed by atoms with van der Waals surface area (Å²) in [7, 11) is 0. The van der Waals surface area contributed by atoms with Crippen LogP contribution in [0, 0.1) is 6.92 Å². The highest BCUT2D eigenvalue weighted by molar-refractivity contribution is 7.33. The number of ether oxygens (including phenoxy) is 1. The third-order valence-electron chi connectivity index (χ3n) is 16.6. The molecule has 2 unspecified atom stereocenters. The largest absolute Gasteiger partial charge is 0.487 e. The molecule has 4 heterocycles. The zero-order chi connectivity index (χ0) is 43.7. The van der Waals surface area contributed by atoms with E-state index in [0.717, 1.165) is 18.6 Å². The lowest BCUT2D eigenvalue weighted by Gasteiger charge is -2.44. The molecule has 6 aromatic rings. The number of hydrogen-bond donors (Lipinski definition) is 0. The highest BCUT2D eigenvalue weighted by Crippen LogP contribution is 2.59. The van der Waals surface area contributed by atoms with Crippen molar-refractivity contribution >= 4 is 78.0 Å². The molecule has 3 nitrogen and oxygen atoms in total. The van der Waals surface area contributed by atoms with E-state index in [1.807, 2.05) is 11.3 Å². The molecule has 62 heavy (non-hydrogen) atoms. The van der Waals surface area contributed by atoms with E-state index >= 15 is 0 Å². The molecule has 0 spiro atoms. The lowest BCUT2D eigenvalue weighted by molar-refractivity contribution is 0.00792. The molecule has 3 aliphatic heterocycles. The van der Waals surface area contributed by atoms with Gasteiger partial charge in [0, 0.05) is 54.3 Å². The Morgan fingerprint density at radius 3 is 1.73 bits per heavy atom. The van der Waals surface area contributed by atoms with E-state index in [-0.39, 0.29) is 39.4 Å². The molecule has 0 radical (unpaired) electrons. The standard InChI is InChI=1S/C57H65BN2OS/c1-34-30-44-47-45(31-34)60(38-22-18-36(19-23-38)53(5,6)7)49-39-32-41-42(55(10,11)29-28-54(41,8)9)33-46(39)62-51(49)58(47)48-43(59(44)37-20-16-35(17-21-37)52(2,3)4)25-24-40-50(48)61-57(13)27-15-14-26-56(40,57)12/h16-25,30-33H,14-15,26-29H2,1-13H3. The van der Waals surface area contributed by atoms with E-state index in [9.17, 15) is 0 Å². The highest BCUT2D eigenvalue weighted by Gasteiger charge is 2.58. The van der Waals surface area contributed by atoms with Gasteiger partial charge in [-0.05, 0) is 161 Å². The second-order valence-electron chi connectivity index (χ2n) is 23.6. The Morgan fingerprint density at radius 2 is 1.13 bits per heavy atom. The first-order valence-electron chi connectivity index (χ1n) is 23.6. The van der Waals surface area contributed by atoms with Crippen molar-refractivity contribution in [2.75, 3.05) is 9.80 Å². The van der Waals surface area contributed by atoms with Gasteiger partial charge in [0.1, 0.15) is 11.4 Å². The Bertz CT molecular complexity index is 2850. The minimum atomic E-state index is -0.243. The van der Waals surface area contributed by atoms with E-state index in [2.05, 4.69) is 185 Å². The smallest absolute Gasteiger partial charge is 0.269 e. The van der Waals surface area contributed by atoms with Crippen molar-refractivity contribution in [3.8, 4) is 5.75 Å². The Hall–Kier alpha value is -4.48. The maximum absolute atomic E-state index is 7.63. The van der Waals surface area contributed by atoms with Gasteiger partial charge in [-0.3, -0.25) is 0 Å². The number of thiophene rings is 1. The molecule has 2 aliphatic carbocycles. The molecule has 0 N–H and O–H groups in total. The molecular formula is C57H65BN2OS. The quantitative estimate of drug-likeness (QED) is 0.161. The van der Waals surface area contributed by atoms with Crippen molar-refractivity contribution < 1.29 is 4.74 Å². The molecule has 5 aromatic carbocycles. The van der Waals surface area contributed by atoms with Gasteiger partial charge in [-0.1, -0.05) is 113 Å². The molecule has 0 bridgehead atoms. The summed E-state index contributed by atoms with van der Waals surface area (Å²) >= 11 is 2.04. The van der Waals surface area contributed by atoms with E-state index in [1.165, 1.54) is 119 Å². The molecular weight excluding hydrogens is 772 g/mol. The first-order chi connectivity index (χ1) is 29.1. The summed E-state index contributed by atoms with van der Waals surface area (Å²) in [5.74, 6) is 1.14. The maximum Gasteiger partial charge on any atom is 0.269 e. The SMILES string of the molecule is Cc1cc2c3c(c1)N(c1ccc(C(C)(C)C)cc1)c1c(sc4cc5c(cc14)C(C)(C)CCC5(C)C)B3c1c(ccc3c1OC1(C)CCCCC31C)N2c1ccc(C(C)(C)C)cc1. The zero-order valence-corrected chi connectivity index (χ0v) is 40.4. The maximum atomic E-state index is 7.63. The van der Waals surface area contributed by atoms with Crippen molar-refractivity contribution in [3.63, 3.8) is 0 Å². The van der Waals surface area contributed by atoms with Crippen LogP contribution in [0.15, 0.2) is 84.9 Å². The fourth-order valence-corrected chi connectivity index (χ4v) is 13.7. The first kappa shape index (κ1) is 40.3. The number of fused-ring (bicyclic) bond motifs is 11. The van der Waals surface area contributed by atoms with Crippen LogP contribution in [0.25, 0.3) is 10.1 Å². The summed E-state index contributed by atoms with van der Waals surface area (Å²) in [6.45, 7) is 31.0. The van der Waals surface area contributed by atoms with Crippen molar-refractivity contribution in [2.24, 2.45) is 0 Å². The Labute approximate surface area is 376 Å². The van der Waals surface area contributed by atoms with Gasteiger partial charge >= 0.3 is 0 Å². The third-order valence-corrected chi connectivity index (χ3v) is 17.8. The second-order valence-corrected chi connectivity index (χ2v) is 24.7. The summed E-state index contributed by atoms with van der Waals surface area (Å²) in [6.07, 6.45) is 7.09. The van der Waals surface area contributed by atoms with E-state index < -0.39 is 0 Å². The van der Waals surface area contributed by atoms with Gasteiger partial charge in [0.2, 0.25) is 0 Å². The van der Waals surface area contributed by atoms with Gasteiger partial charge in [0.25, 0.3) is 6.71 Å². The number of aryl methyl sites for hydroxylation is 1. The monoisotopic (exact) mass is 836 g/mol. The van der Waals surface area contributed by atoms with Gasteiger partial charge in [0.05, 0.1) is 5.69 Å². The van der Waals surface area contributed by atoms with Gasteiger partial charge in [-0.15, -0.1) is 11.3 Å². The average Bonchev–Trinajstić information content (AvgIpc) is 3.70. The molecule has 1 fully saturated rings. The van der Waals surface area contributed by atoms with E-state index in [0.29, 0.717) is 0 Å².